The summed E-state index contributed by atoms with van der Waals surface area (Å²) in [6.45, 7) is 0. The second-order valence-electron chi connectivity index (χ2n) is 3.02. The predicted octanol–water partition coefficient (Wildman–Crippen LogP) is 2.72. The lowest BCUT2D eigenvalue weighted by Crippen LogP contribution is -1.72. The topological polar surface area (TPSA) is 53.4 Å². The molecule has 0 amide bonds. The van der Waals surface area contributed by atoms with Crippen LogP contribution in [0.3, 0.4) is 0 Å². The first kappa shape index (κ1) is 9.73. The second-order valence-corrected chi connectivity index (χ2v) is 3.94. The van der Waals surface area contributed by atoms with Crippen molar-refractivity contribution in [2.24, 2.45) is 0 Å². The van der Waals surface area contributed by atoms with Gasteiger partial charge in [-0.3, -0.25) is 4.98 Å². The van der Waals surface area contributed by atoms with Gasteiger partial charge in [0.05, 0.1) is 5.51 Å². The van der Waals surface area contributed by atoms with E-state index in [1.54, 1.807) is 23.8 Å². The highest BCUT2D eigenvalue weighted by Gasteiger charge is 1.95. The van der Waals surface area contributed by atoms with Crippen LogP contribution >= 0.6 is 11.3 Å². The molecule has 0 saturated heterocycles. The van der Waals surface area contributed by atoms with Crippen molar-refractivity contribution in [3.63, 3.8) is 0 Å². The predicted molar refractivity (Wildman–Crippen MR) is 60.8 cm³/mol. The summed E-state index contributed by atoms with van der Waals surface area (Å²) in [6.07, 6.45) is 5.45. The number of hydrogen-bond acceptors (Lipinski definition) is 4. The molecular weight excluding hydrogens is 210 g/mol. The maximum atomic E-state index is 9.25. The summed E-state index contributed by atoms with van der Waals surface area (Å²) in [5, 5.41) is 18.5. The SMILES string of the molecule is Oc1cc(O)cc(C=Cc2cncs2)c1. The molecule has 1 aromatic heterocycles. The fourth-order valence-corrected chi connectivity index (χ4v) is 1.71. The summed E-state index contributed by atoms with van der Waals surface area (Å²) < 4.78 is 0. The van der Waals surface area contributed by atoms with Crippen molar-refractivity contribution >= 4 is 23.5 Å². The number of rotatable bonds is 2. The Balaban J connectivity index is 2.24. The molecule has 0 spiro atoms. The first-order chi connectivity index (χ1) is 7.24. The number of phenolic OH excluding ortho intramolecular Hbond substituents is 2. The number of phenols is 2. The second kappa shape index (κ2) is 4.14. The van der Waals surface area contributed by atoms with E-state index >= 15 is 0 Å². The Morgan fingerprint density at radius 1 is 1.07 bits per heavy atom. The number of nitrogens with zero attached hydrogens (tertiary/aromatic N) is 1. The summed E-state index contributed by atoms with van der Waals surface area (Å²) >= 11 is 1.53. The van der Waals surface area contributed by atoms with Crippen molar-refractivity contribution in [3.05, 3.63) is 40.3 Å². The van der Waals surface area contributed by atoms with Crippen LogP contribution in [0, 0.1) is 0 Å². The van der Waals surface area contributed by atoms with Crippen LogP contribution in [0.25, 0.3) is 12.2 Å². The molecule has 0 radical (unpaired) electrons. The molecule has 0 fully saturated rings. The van der Waals surface area contributed by atoms with Crippen LogP contribution in [0.5, 0.6) is 11.5 Å². The number of hydrogen-bond donors (Lipinski definition) is 2. The third-order valence-corrected chi connectivity index (χ3v) is 2.56. The monoisotopic (exact) mass is 219 g/mol. The quantitative estimate of drug-likeness (QED) is 0.816. The van der Waals surface area contributed by atoms with Crippen molar-refractivity contribution in [1.29, 1.82) is 0 Å². The van der Waals surface area contributed by atoms with Gasteiger partial charge in [-0.1, -0.05) is 6.08 Å². The van der Waals surface area contributed by atoms with Crippen LogP contribution in [-0.4, -0.2) is 15.2 Å². The molecule has 1 aromatic carbocycles. The lowest BCUT2D eigenvalue weighted by atomic mass is 10.2. The molecule has 0 aliphatic rings. The third-order valence-electron chi connectivity index (χ3n) is 1.82. The van der Waals surface area contributed by atoms with Crippen LogP contribution in [-0.2, 0) is 0 Å². The Labute approximate surface area is 91.0 Å². The van der Waals surface area contributed by atoms with Gasteiger partial charge >= 0.3 is 0 Å². The average molecular weight is 219 g/mol. The Morgan fingerprint density at radius 2 is 1.80 bits per heavy atom. The summed E-state index contributed by atoms with van der Waals surface area (Å²) in [4.78, 5) is 4.96. The summed E-state index contributed by atoms with van der Waals surface area (Å²) in [5.74, 6) is 0.109. The standard InChI is InChI=1S/C11H9NO2S/c13-9-3-8(4-10(14)5-9)1-2-11-6-12-7-15-11/h1-7,13-14H. The molecule has 3 nitrogen and oxygen atoms in total. The molecule has 76 valence electrons. The molecule has 2 rings (SSSR count). The van der Waals surface area contributed by atoms with E-state index in [4.69, 9.17) is 0 Å². The van der Waals surface area contributed by atoms with E-state index in [9.17, 15) is 10.2 Å². The van der Waals surface area contributed by atoms with Crippen LogP contribution in [0.4, 0.5) is 0 Å². The van der Waals surface area contributed by atoms with E-state index < -0.39 is 0 Å². The summed E-state index contributed by atoms with van der Waals surface area (Å²) in [5.41, 5.74) is 2.50. The van der Waals surface area contributed by atoms with E-state index in [1.807, 2.05) is 12.2 Å². The van der Waals surface area contributed by atoms with Gasteiger partial charge in [0, 0.05) is 17.1 Å². The lowest BCUT2D eigenvalue weighted by molar-refractivity contribution is 0.450. The molecule has 1 heterocycles. The molecular formula is C11H9NO2S. The van der Waals surface area contributed by atoms with Gasteiger partial charge in [-0.15, -0.1) is 11.3 Å². The van der Waals surface area contributed by atoms with E-state index in [-0.39, 0.29) is 11.5 Å². The van der Waals surface area contributed by atoms with Gasteiger partial charge in [-0.2, -0.15) is 0 Å². The van der Waals surface area contributed by atoms with Gasteiger partial charge in [-0.25, -0.2) is 0 Å². The molecule has 2 aromatic rings. The first-order valence-electron chi connectivity index (χ1n) is 4.33. The van der Waals surface area contributed by atoms with Crippen LogP contribution in [0.15, 0.2) is 29.9 Å². The molecule has 0 aliphatic carbocycles. The molecule has 0 unspecified atom stereocenters. The fourth-order valence-electron chi connectivity index (χ4n) is 1.20. The highest BCUT2D eigenvalue weighted by molar-refractivity contribution is 7.10. The van der Waals surface area contributed by atoms with Crippen molar-refractivity contribution < 1.29 is 10.2 Å². The molecule has 4 heteroatoms. The van der Waals surface area contributed by atoms with Gasteiger partial charge in [0.2, 0.25) is 0 Å². The van der Waals surface area contributed by atoms with E-state index in [1.165, 1.54) is 17.4 Å². The minimum atomic E-state index is 0.0546. The average Bonchev–Trinajstić information content (AvgIpc) is 2.65. The van der Waals surface area contributed by atoms with Gasteiger partial charge in [-0.05, 0) is 23.8 Å². The van der Waals surface area contributed by atoms with Crippen molar-refractivity contribution in [1.82, 2.24) is 4.98 Å². The Kier molecular flexibility index (Phi) is 2.69. The number of aromatic hydroxyl groups is 2. The Morgan fingerprint density at radius 3 is 2.40 bits per heavy atom. The minimum absolute atomic E-state index is 0.0546. The van der Waals surface area contributed by atoms with Gasteiger partial charge in [0.15, 0.2) is 0 Å². The van der Waals surface area contributed by atoms with E-state index in [0.717, 1.165) is 10.4 Å². The zero-order valence-corrected chi connectivity index (χ0v) is 8.61. The van der Waals surface area contributed by atoms with E-state index in [2.05, 4.69) is 4.98 Å². The van der Waals surface area contributed by atoms with E-state index in [0.29, 0.717) is 0 Å². The van der Waals surface area contributed by atoms with Crippen molar-refractivity contribution in [3.8, 4) is 11.5 Å². The number of benzene rings is 1. The van der Waals surface area contributed by atoms with Crippen LogP contribution in [0.1, 0.15) is 10.4 Å². The smallest absolute Gasteiger partial charge is 0.119 e. The third kappa shape index (κ3) is 2.57. The summed E-state index contributed by atoms with van der Waals surface area (Å²) in [7, 11) is 0. The first-order valence-corrected chi connectivity index (χ1v) is 5.21. The number of thiazole rings is 1. The largest absolute Gasteiger partial charge is 0.508 e. The molecule has 0 saturated carbocycles. The highest BCUT2D eigenvalue weighted by Crippen LogP contribution is 2.22. The van der Waals surface area contributed by atoms with Crippen molar-refractivity contribution in [2.45, 2.75) is 0 Å². The maximum absolute atomic E-state index is 9.25. The Hall–Kier alpha value is -1.81. The van der Waals surface area contributed by atoms with Crippen LogP contribution < -0.4 is 0 Å². The lowest BCUT2D eigenvalue weighted by Gasteiger charge is -1.97. The maximum Gasteiger partial charge on any atom is 0.119 e. The van der Waals surface area contributed by atoms with Gasteiger partial charge in [0.1, 0.15) is 11.5 Å². The fraction of sp³-hybridized carbons (Fsp3) is 0. The molecule has 2 N–H and O–H groups in total. The highest BCUT2D eigenvalue weighted by atomic mass is 32.1. The normalized spacial score (nSPS) is 10.9. The van der Waals surface area contributed by atoms with Gasteiger partial charge in [0.25, 0.3) is 0 Å². The van der Waals surface area contributed by atoms with Gasteiger partial charge < -0.3 is 10.2 Å². The summed E-state index contributed by atoms with van der Waals surface area (Å²) in [6, 6.07) is 4.46. The molecule has 0 aliphatic heterocycles. The Bertz CT molecular complexity index is 457. The van der Waals surface area contributed by atoms with Crippen molar-refractivity contribution in [2.75, 3.05) is 0 Å². The molecule has 0 bridgehead atoms. The zero-order chi connectivity index (χ0) is 10.7. The minimum Gasteiger partial charge on any atom is -0.508 e. The zero-order valence-electron chi connectivity index (χ0n) is 7.79. The molecule has 0 atom stereocenters. The number of aromatic nitrogens is 1. The molecule has 15 heavy (non-hydrogen) atoms. The van der Waals surface area contributed by atoms with Crippen LogP contribution in [0.2, 0.25) is 0 Å².